The van der Waals surface area contributed by atoms with Crippen molar-refractivity contribution in [2.75, 3.05) is 5.73 Å². The summed E-state index contributed by atoms with van der Waals surface area (Å²) in [6, 6.07) is 12.2. The van der Waals surface area contributed by atoms with Crippen LogP contribution in [0.1, 0.15) is 0 Å². The molecular weight excluding hydrogens is 394 g/mol. The van der Waals surface area contributed by atoms with E-state index in [1.165, 1.54) is 0 Å². The van der Waals surface area contributed by atoms with Crippen LogP contribution in [0, 0.1) is 0 Å². The maximum absolute atomic E-state index is 5.89. The van der Waals surface area contributed by atoms with E-state index in [0.717, 1.165) is 50.2 Å². The third-order valence-electron chi connectivity index (χ3n) is 5.08. The molecule has 0 radical (unpaired) electrons. The predicted octanol–water partition coefficient (Wildman–Crippen LogP) is 4.87. The van der Waals surface area contributed by atoms with Crippen LogP contribution < -0.4 is 5.73 Å². The quantitative estimate of drug-likeness (QED) is 0.386. The Morgan fingerprint density at radius 1 is 0.967 bits per heavy atom. The van der Waals surface area contributed by atoms with Crippen LogP contribution in [0.3, 0.4) is 0 Å². The van der Waals surface area contributed by atoms with Crippen molar-refractivity contribution in [3.8, 4) is 33.8 Å². The fourth-order valence-electron chi connectivity index (χ4n) is 3.65. The van der Waals surface area contributed by atoms with E-state index < -0.39 is 0 Å². The number of nitrogens with one attached hydrogen (secondary N) is 2. The number of fused-ring (bicyclic) bond motifs is 2. The highest BCUT2D eigenvalue weighted by atomic mass is 32.1. The molecule has 7 nitrogen and oxygen atoms in total. The molecule has 0 saturated carbocycles. The second-order valence-corrected chi connectivity index (χ2v) is 7.78. The second kappa shape index (κ2) is 6.50. The molecule has 1 aromatic carbocycles. The Bertz CT molecular complexity index is 1510. The van der Waals surface area contributed by atoms with Crippen LogP contribution in [-0.2, 0) is 0 Å². The third kappa shape index (κ3) is 2.66. The summed E-state index contributed by atoms with van der Waals surface area (Å²) < 4.78 is 0. The number of pyridine rings is 2. The highest BCUT2D eigenvalue weighted by molar-refractivity contribution is 7.08. The number of imidazole rings is 1. The van der Waals surface area contributed by atoms with E-state index in [0.29, 0.717) is 11.3 Å². The lowest BCUT2D eigenvalue weighted by molar-refractivity contribution is 1.09. The van der Waals surface area contributed by atoms with Crippen molar-refractivity contribution in [2.45, 2.75) is 0 Å². The summed E-state index contributed by atoms with van der Waals surface area (Å²) in [5, 5.41) is 12.5. The first-order valence-electron chi connectivity index (χ1n) is 9.33. The standard InChI is InChI=1S/C22H15N7S/c23-15-6-13(8-24-10-15)14-7-17-20(28-29-21(17)25-9-14)22-26-18-3-1-2-16(19(18)27-22)12-4-5-30-11-12/h1-11H,23H2,(H,26,27)(H,25,28,29). The van der Waals surface area contributed by atoms with Crippen LogP contribution in [0.5, 0.6) is 0 Å². The molecule has 0 unspecified atom stereocenters. The largest absolute Gasteiger partial charge is 0.397 e. The molecular formula is C22H15N7S. The Morgan fingerprint density at radius 3 is 2.77 bits per heavy atom. The van der Waals surface area contributed by atoms with E-state index in [4.69, 9.17) is 10.7 Å². The molecule has 4 N–H and O–H groups in total. The van der Waals surface area contributed by atoms with E-state index in [9.17, 15) is 0 Å². The Kier molecular flexibility index (Phi) is 3.65. The first kappa shape index (κ1) is 16.9. The van der Waals surface area contributed by atoms with Crippen LogP contribution in [0.2, 0.25) is 0 Å². The number of benzene rings is 1. The maximum atomic E-state index is 5.89. The molecule has 0 bridgehead atoms. The van der Waals surface area contributed by atoms with Gasteiger partial charge in [0.25, 0.3) is 0 Å². The van der Waals surface area contributed by atoms with Gasteiger partial charge in [0.05, 0.1) is 22.1 Å². The van der Waals surface area contributed by atoms with Gasteiger partial charge in [-0.3, -0.25) is 10.1 Å². The minimum Gasteiger partial charge on any atom is -0.397 e. The van der Waals surface area contributed by atoms with Crippen LogP contribution in [0.25, 0.3) is 55.8 Å². The van der Waals surface area contributed by atoms with E-state index >= 15 is 0 Å². The molecule has 5 aromatic heterocycles. The Balaban J connectivity index is 1.52. The summed E-state index contributed by atoms with van der Waals surface area (Å²) in [4.78, 5) is 17.0. The van der Waals surface area contributed by atoms with Gasteiger partial charge in [0.15, 0.2) is 11.5 Å². The molecule has 0 amide bonds. The van der Waals surface area contributed by atoms with Crippen molar-refractivity contribution in [3.05, 3.63) is 65.7 Å². The summed E-state index contributed by atoms with van der Waals surface area (Å²) in [5.74, 6) is 0.722. The molecule has 0 aliphatic rings. The molecule has 0 spiro atoms. The number of thiophene rings is 1. The smallest absolute Gasteiger partial charge is 0.181 e. The van der Waals surface area contributed by atoms with Gasteiger partial charge in [0, 0.05) is 35.3 Å². The summed E-state index contributed by atoms with van der Waals surface area (Å²) in [6.07, 6.45) is 5.17. The number of nitrogen functional groups attached to an aromatic ring is 1. The zero-order valence-electron chi connectivity index (χ0n) is 15.6. The van der Waals surface area contributed by atoms with Crippen molar-refractivity contribution in [1.82, 2.24) is 30.1 Å². The minimum atomic E-state index is 0.609. The predicted molar refractivity (Wildman–Crippen MR) is 120 cm³/mol. The molecule has 0 aliphatic carbocycles. The maximum Gasteiger partial charge on any atom is 0.181 e. The van der Waals surface area contributed by atoms with Crippen LogP contribution in [-0.4, -0.2) is 30.1 Å². The second-order valence-electron chi connectivity index (χ2n) is 7.00. The van der Waals surface area contributed by atoms with Crippen molar-refractivity contribution >= 4 is 39.1 Å². The lowest BCUT2D eigenvalue weighted by Crippen LogP contribution is -1.89. The Labute approximate surface area is 174 Å². The van der Waals surface area contributed by atoms with E-state index in [1.54, 1.807) is 29.9 Å². The van der Waals surface area contributed by atoms with Crippen LogP contribution in [0.15, 0.2) is 65.7 Å². The van der Waals surface area contributed by atoms with E-state index in [1.807, 2.05) is 24.3 Å². The number of hydrogen-bond acceptors (Lipinski definition) is 6. The SMILES string of the molecule is Nc1cncc(-c2cnc3n[nH]c(-c4nc5c(-c6ccsc6)cccc5[nH]4)c3c2)c1. The van der Waals surface area contributed by atoms with Gasteiger partial charge in [0.2, 0.25) is 0 Å². The van der Waals surface area contributed by atoms with Crippen molar-refractivity contribution in [3.63, 3.8) is 0 Å². The topological polar surface area (TPSA) is 109 Å². The molecule has 6 rings (SSSR count). The van der Waals surface area contributed by atoms with Crippen LogP contribution >= 0.6 is 11.3 Å². The molecule has 30 heavy (non-hydrogen) atoms. The highest BCUT2D eigenvalue weighted by Crippen LogP contribution is 2.33. The summed E-state index contributed by atoms with van der Waals surface area (Å²) in [6.45, 7) is 0. The third-order valence-corrected chi connectivity index (χ3v) is 5.77. The molecule has 0 fully saturated rings. The highest BCUT2D eigenvalue weighted by Gasteiger charge is 2.16. The van der Waals surface area contributed by atoms with Gasteiger partial charge in [-0.15, -0.1) is 0 Å². The molecule has 144 valence electrons. The molecule has 0 atom stereocenters. The van der Waals surface area contributed by atoms with Gasteiger partial charge in [0.1, 0.15) is 5.69 Å². The van der Waals surface area contributed by atoms with Gasteiger partial charge >= 0.3 is 0 Å². The number of nitrogens with zero attached hydrogens (tertiary/aromatic N) is 4. The Morgan fingerprint density at radius 2 is 1.90 bits per heavy atom. The summed E-state index contributed by atoms with van der Waals surface area (Å²) in [5.41, 5.74) is 13.9. The molecule has 0 aliphatic heterocycles. The van der Waals surface area contributed by atoms with Gasteiger partial charge in [-0.05, 0) is 40.6 Å². The number of H-pyrrole nitrogens is 2. The number of para-hydroxylation sites is 1. The molecule has 6 aromatic rings. The summed E-state index contributed by atoms with van der Waals surface area (Å²) >= 11 is 1.67. The number of aromatic amines is 2. The van der Waals surface area contributed by atoms with Gasteiger partial charge in [-0.1, -0.05) is 12.1 Å². The first-order valence-corrected chi connectivity index (χ1v) is 10.3. The van der Waals surface area contributed by atoms with E-state index in [2.05, 4.69) is 48.0 Å². The average molecular weight is 409 g/mol. The number of hydrogen-bond donors (Lipinski definition) is 3. The lowest BCUT2D eigenvalue weighted by Gasteiger charge is -2.02. The van der Waals surface area contributed by atoms with E-state index in [-0.39, 0.29) is 0 Å². The zero-order valence-corrected chi connectivity index (χ0v) is 16.4. The number of nitrogens with two attached hydrogens (primary N) is 1. The zero-order chi connectivity index (χ0) is 20.1. The molecule has 8 heteroatoms. The van der Waals surface area contributed by atoms with Crippen molar-refractivity contribution < 1.29 is 0 Å². The lowest BCUT2D eigenvalue weighted by atomic mass is 10.1. The van der Waals surface area contributed by atoms with Gasteiger partial charge in [-0.2, -0.15) is 16.4 Å². The van der Waals surface area contributed by atoms with Crippen molar-refractivity contribution in [2.24, 2.45) is 0 Å². The van der Waals surface area contributed by atoms with Gasteiger partial charge < -0.3 is 10.7 Å². The monoisotopic (exact) mass is 409 g/mol. The fraction of sp³-hybridized carbons (Fsp3) is 0. The molecule has 0 saturated heterocycles. The number of rotatable bonds is 3. The Hall–Kier alpha value is -4.04. The molecule has 5 heterocycles. The average Bonchev–Trinajstić information content (AvgIpc) is 3.51. The number of anilines is 1. The van der Waals surface area contributed by atoms with Crippen molar-refractivity contribution in [1.29, 1.82) is 0 Å². The number of aromatic nitrogens is 6. The van der Waals surface area contributed by atoms with Gasteiger partial charge in [-0.25, -0.2) is 9.97 Å². The first-order chi connectivity index (χ1) is 14.8. The fourth-order valence-corrected chi connectivity index (χ4v) is 4.31. The van der Waals surface area contributed by atoms with Crippen LogP contribution in [0.4, 0.5) is 5.69 Å². The normalized spacial score (nSPS) is 11.5. The summed E-state index contributed by atoms with van der Waals surface area (Å²) in [7, 11) is 0. The minimum absolute atomic E-state index is 0.609.